The highest BCUT2D eigenvalue weighted by Gasteiger charge is 2.44. The van der Waals surface area contributed by atoms with E-state index in [9.17, 15) is 24.5 Å². The van der Waals surface area contributed by atoms with Crippen molar-refractivity contribution in [3.63, 3.8) is 0 Å². The first-order chi connectivity index (χ1) is 19.7. The third-order valence-electron chi connectivity index (χ3n) is 7.43. The molecule has 0 saturated heterocycles. The van der Waals surface area contributed by atoms with Crippen LogP contribution in [0.3, 0.4) is 0 Å². The number of fused-ring (bicyclic) bond motifs is 2. The zero-order valence-corrected chi connectivity index (χ0v) is 23.2. The summed E-state index contributed by atoms with van der Waals surface area (Å²) in [6.45, 7) is 6.50. The monoisotopic (exact) mass is 558 g/mol. The number of aryl methyl sites for hydroxylation is 2. The SMILES string of the molecule is CCN(CC)CCNC(=O)ON1C(=O)C(c2cn(C)c3ccccc23)=C(c2cn(C)c3cc([N+](=O)[O-])ccc23)C1=O. The summed E-state index contributed by atoms with van der Waals surface area (Å²) in [6, 6.07) is 11.8. The predicted octanol–water partition coefficient (Wildman–Crippen LogP) is 3.84. The van der Waals surface area contributed by atoms with Crippen LogP contribution in [0.25, 0.3) is 33.0 Å². The Bertz CT molecular complexity index is 1750. The third kappa shape index (κ3) is 4.82. The second kappa shape index (κ2) is 10.9. The molecule has 2 aromatic heterocycles. The van der Waals surface area contributed by atoms with E-state index in [4.69, 9.17) is 4.84 Å². The Morgan fingerprint density at radius 2 is 1.51 bits per heavy atom. The van der Waals surface area contributed by atoms with Gasteiger partial charge in [-0.3, -0.25) is 19.7 Å². The van der Waals surface area contributed by atoms with E-state index in [1.807, 2.05) is 49.7 Å². The highest BCUT2D eigenvalue weighted by atomic mass is 16.7. The van der Waals surface area contributed by atoms with Crippen LogP contribution in [0.2, 0.25) is 0 Å². The van der Waals surface area contributed by atoms with Crippen LogP contribution < -0.4 is 5.32 Å². The van der Waals surface area contributed by atoms with Gasteiger partial charge < -0.3 is 24.2 Å². The maximum absolute atomic E-state index is 13.9. The molecule has 0 unspecified atom stereocenters. The average Bonchev–Trinajstić information content (AvgIpc) is 3.55. The van der Waals surface area contributed by atoms with Crippen LogP contribution in [0.5, 0.6) is 0 Å². The molecule has 12 nitrogen and oxygen atoms in total. The number of nitrogens with one attached hydrogen (secondary N) is 1. The standard InChI is InChI=1S/C29H30N6O6/c1-5-33(6-2)14-13-30-29(38)41-34-27(36)25(21-16-31(3)23-10-8-7-9-19(21)23)26(28(34)37)22-17-32(4)24-15-18(35(39)40)11-12-20(22)24/h7-12,15-17H,5-6,13-14H2,1-4H3,(H,30,38). The van der Waals surface area contributed by atoms with E-state index in [-0.39, 0.29) is 23.4 Å². The molecule has 12 heteroatoms. The topological polar surface area (TPSA) is 132 Å². The van der Waals surface area contributed by atoms with Gasteiger partial charge >= 0.3 is 6.09 Å². The van der Waals surface area contributed by atoms with Gasteiger partial charge in [-0.2, -0.15) is 0 Å². The number of likely N-dealkylation sites (N-methyl/N-ethyl adjacent to an activating group) is 1. The molecule has 212 valence electrons. The number of amides is 3. The quantitative estimate of drug-likeness (QED) is 0.188. The van der Waals surface area contributed by atoms with Crippen molar-refractivity contribution < 1.29 is 24.1 Å². The lowest BCUT2D eigenvalue weighted by Crippen LogP contribution is -2.41. The van der Waals surface area contributed by atoms with E-state index < -0.39 is 22.8 Å². The van der Waals surface area contributed by atoms with Crippen LogP contribution in [-0.2, 0) is 28.5 Å². The Balaban J connectivity index is 1.60. The predicted molar refractivity (Wildman–Crippen MR) is 153 cm³/mol. The third-order valence-corrected chi connectivity index (χ3v) is 7.43. The molecule has 1 aliphatic rings. The van der Waals surface area contributed by atoms with Crippen molar-refractivity contribution in [2.45, 2.75) is 13.8 Å². The molecule has 0 fully saturated rings. The van der Waals surface area contributed by atoms with E-state index in [0.717, 1.165) is 24.0 Å². The molecule has 3 amide bonds. The van der Waals surface area contributed by atoms with Crippen molar-refractivity contribution >= 4 is 56.5 Å². The molecule has 0 spiro atoms. The number of carbonyl (C=O) groups is 3. The Labute approximate surface area is 235 Å². The Hall–Kier alpha value is -4.97. The number of non-ortho nitro benzene ring substituents is 1. The number of hydrogen-bond acceptors (Lipinski definition) is 7. The fraction of sp³-hybridized carbons (Fsp3) is 0.276. The van der Waals surface area contributed by atoms with Gasteiger partial charge in [0.1, 0.15) is 0 Å². The number of nitro groups is 1. The highest BCUT2D eigenvalue weighted by molar-refractivity contribution is 6.50. The number of hydroxylamine groups is 2. The number of hydrogen-bond donors (Lipinski definition) is 1. The molecule has 4 aromatic rings. The van der Waals surface area contributed by atoms with E-state index in [1.165, 1.54) is 12.1 Å². The lowest BCUT2D eigenvalue weighted by Gasteiger charge is -2.19. The number of carbonyl (C=O) groups excluding carboxylic acids is 3. The minimum absolute atomic E-state index is 0.0433. The molecule has 5 rings (SSSR count). The second-order valence-electron chi connectivity index (χ2n) is 9.77. The van der Waals surface area contributed by atoms with Crippen molar-refractivity contribution in [3.8, 4) is 0 Å². The first-order valence-electron chi connectivity index (χ1n) is 13.3. The molecule has 1 aliphatic heterocycles. The number of aromatic nitrogens is 2. The van der Waals surface area contributed by atoms with E-state index in [0.29, 0.717) is 33.6 Å². The van der Waals surface area contributed by atoms with Gasteiger partial charge in [-0.15, -0.1) is 0 Å². The summed E-state index contributed by atoms with van der Waals surface area (Å²) in [7, 11) is 3.54. The van der Waals surface area contributed by atoms with Gasteiger partial charge in [-0.1, -0.05) is 37.1 Å². The summed E-state index contributed by atoms with van der Waals surface area (Å²) in [5.41, 5.74) is 2.27. The summed E-state index contributed by atoms with van der Waals surface area (Å²) in [4.78, 5) is 58.8. The fourth-order valence-electron chi connectivity index (χ4n) is 5.29. The summed E-state index contributed by atoms with van der Waals surface area (Å²) in [6.07, 6.45) is 2.48. The molecule has 0 atom stereocenters. The average molecular weight is 559 g/mol. The molecule has 2 aromatic carbocycles. The normalized spacial score (nSPS) is 13.7. The summed E-state index contributed by atoms with van der Waals surface area (Å²) in [5, 5.41) is 15.8. The first kappa shape index (κ1) is 27.6. The fourth-order valence-corrected chi connectivity index (χ4v) is 5.29. The van der Waals surface area contributed by atoms with Gasteiger partial charge in [0.2, 0.25) is 0 Å². The smallest absolute Gasteiger partial charge is 0.350 e. The minimum atomic E-state index is -0.925. The number of para-hydroxylation sites is 1. The Morgan fingerprint density at radius 3 is 2.12 bits per heavy atom. The first-order valence-corrected chi connectivity index (χ1v) is 13.3. The molecular formula is C29H30N6O6. The Morgan fingerprint density at radius 1 is 0.927 bits per heavy atom. The minimum Gasteiger partial charge on any atom is -0.350 e. The van der Waals surface area contributed by atoms with Crippen molar-refractivity contribution in [2.24, 2.45) is 14.1 Å². The molecule has 0 bridgehead atoms. The largest absolute Gasteiger partial charge is 0.432 e. The molecule has 3 heterocycles. The number of rotatable bonds is 9. The van der Waals surface area contributed by atoms with Crippen molar-refractivity contribution in [1.29, 1.82) is 0 Å². The zero-order chi connectivity index (χ0) is 29.4. The molecule has 0 aliphatic carbocycles. The number of benzene rings is 2. The van der Waals surface area contributed by atoms with Crippen molar-refractivity contribution in [3.05, 3.63) is 76.1 Å². The number of nitro benzene ring substituents is 1. The van der Waals surface area contributed by atoms with Crippen molar-refractivity contribution in [2.75, 3.05) is 26.2 Å². The van der Waals surface area contributed by atoms with Gasteiger partial charge in [0.15, 0.2) is 0 Å². The summed E-state index contributed by atoms with van der Waals surface area (Å²) >= 11 is 0. The van der Waals surface area contributed by atoms with Crippen LogP contribution >= 0.6 is 0 Å². The summed E-state index contributed by atoms with van der Waals surface area (Å²) < 4.78 is 3.51. The van der Waals surface area contributed by atoms with Gasteiger partial charge in [0.05, 0.1) is 21.6 Å². The van der Waals surface area contributed by atoms with Crippen LogP contribution in [0.1, 0.15) is 25.0 Å². The van der Waals surface area contributed by atoms with Gasteiger partial charge in [0, 0.05) is 79.1 Å². The molecular weight excluding hydrogens is 528 g/mol. The molecule has 0 saturated carbocycles. The lowest BCUT2D eigenvalue weighted by molar-refractivity contribution is -0.384. The molecule has 41 heavy (non-hydrogen) atoms. The number of imide groups is 1. The van der Waals surface area contributed by atoms with Gasteiger partial charge in [-0.05, 0) is 25.2 Å². The zero-order valence-electron chi connectivity index (χ0n) is 23.2. The van der Waals surface area contributed by atoms with Crippen molar-refractivity contribution in [1.82, 2.24) is 24.4 Å². The maximum Gasteiger partial charge on any atom is 0.432 e. The van der Waals surface area contributed by atoms with Crippen LogP contribution in [0.15, 0.2) is 54.9 Å². The summed E-state index contributed by atoms with van der Waals surface area (Å²) in [5.74, 6) is -1.58. The van der Waals surface area contributed by atoms with Gasteiger partial charge in [-0.25, -0.2) is 4.79 Å². The number of nitrogens with zero attached hydrogens (tertiary/aromatic N) is 5. The van der Waals surface area contributed by atoms with E-state index in [1.54, 1.807) is 30.1 Å². The van der Waals surface area contributed by atoms with Crippen LogP contribution in [-0.4, -0.2) is 68.1 Å². The Kier molecular flexibility index (Phi) is 7.33. The van der Waals surface area contributed by atoms with Gasteiger partial charge in [0.25, 0.3) is 17.5 Å². The lowest BCUT2D eigenvalue weighted by atomic mass is 9.95. The van der Waals surface area contributed by atoms with E-state index >= 15 is 0 Å². The molecule has 0 radical (unpaired) electrons. The maximum atomic E-state index is 13.9. The van der Waals surface area contributed by atoms with Crippen LogP contribution in [0.4, 0.5) is 10.5 Å². The van der Waals surface area contributed by atoms with Crippen LogP contribution in [0, 0.1) is 10.1 Å². The highest BCUT2D eigenvalue weighted by Crippen LogP contribution is 2.42. The second-order valence-corrected chi connectivity index (χ2v) is 9.77. The molecule has 1 N–H and O–H groups in total. The van der Waals surface area contributed by atoms with E-state index in [2.05, 4.69) is 10.2 Å².